The van der Waals surface area contributed by atoms with Crippen molar-refractivity contribution in [2.45, 2.75) is 45.3 Å². The molecule has 3 N–H and O–H groups in total. The van der Waals surface area contributed by atoms with Crippen LogP contribution >= 0.6 is 0 Å². The third-order valence-electron chi connectivity index (χ3n) is 3.04. The van der Waals surface area contributed by atoms with Crippen LogP contribution in [0, 0.1) is 5.92 Å². The third kappa shape index (κ3) is 8.44. The second-order valence-electron chi connectivity index (χ2n) is 4.48. The first-order valence-corrected chi connectivity index (χ1v) is 6.70. The van der Waals surface area contributed by atoms with Crippen molar-refractivity contribution in [3.05, 3.63) is 0 Å². The van der Waals surface area contributed by atoms with E-state index in [9.17, 15) is 4.79 Å². The second kappa shape index (κ2) is 11.4. The zero-order chi connectivity index (χ0) is 13.8. The van der Waals surface area contributed by atoms with Crippen LogP contribution in [0.5, 0.6) is 0 Å². The molecular formula is C13H28N2O3. The van der Waals surface area contributed by atoms with Crippen molar-refractivity contribution in [3.63, 3.8) is 0 Å². The first kappa shape index (κ1) is 17.4. The predicted molar refractivity (Wildman–Crippen MR) is 72.1 cm³/mol. The monoisotopic (exact) mass is 260 g/mol. The number of ether oxygens (including phenoxy) is 2. The van der Waals surface area contributed by atoms with Crippen molar-refractivity contribution >= 4 is 5.91 Å². The number of rotatable bonds is 11. The largest absolute Gasteiger partial charge is 0.354 e. The Labute approximate surface area is 110 Å². The van der Waals surface area contributed by atoms with Gasteiger partial charge in [0.15, 0.2) is 6.29 Å². The fourth-order valence-corrected chi connectivity index (χ4v) is 1.96. The number of nitrogens with one attached hydrogen (secondary N) is 1. The highest BCUT2D eigenvalue weighted by atomic mass is 16.7. The first-order valence-electron chi connectivity index (χ1n) is 6.70. The zero-order valence-corrected chi connectivity index (χ0v) is 11.9. The van der Waals surface area contributed by atoms with Crippen molar-refractivity contribution in [2.75, 3.05) is 27.3 Å². The van der Waals surface area contributed by atoms with Gasteiger partial charge in [-0.2, -0.15) is 0 Å². The van der Waals surface area contributed by atoms with Gasteiger partial charge in [-0.05, 0) is 25.3 Å². The number of hydrogen-bond acceptors (Lipinski definition) is 4. The van der Waals surface area contributed by atoms with Crippen LogP contribution in [0.2, 0.25) is 0 Å². The van der Waals surface area contributed by atoms with Gasteiger partial charge in [-0.3, -0.25) is 4.79 Å². The Morgan fingerprint density at radius 3 is 2.39 bits per heavy atom. The molecule has 0 aliphatic rings. The number of amides is 1. The molecule has 0 bridgehead atoms. The summed E-state index contributed by atoms with van der Waals surface area (Å²) in [6, 6.07) is 0. The lowest BCUT2D eigenvalue weighted by atomic mass is 9.94. The standard InChI is InChI=1S/C13H28N2O3/c1-4-5-11(8-9-14)6-7-12(16)15-10-13(17-2)18-3/h11,13H,4-10,14H2,1-3H3,(H,15,16). The molecule has 0 aliphatic heterocycles. The Morgan fingerprint density at radius 2 is 1.89 bits per heavy atom. The smallest absolute Gasteiger partial charge is 0.220 e. The Hall–Kier alpha value is -0.650. The van der Waals surface area contributed by atoms with Gasteiger partial charge in [-0.1, -0.05) is 19.8 Å². The van der Waals surface area contributed by atoms with Crippen LogP contribution in [0.15, 0.2) is 0 Å². The number of methoxy groups -OCH3 is 2. The van der Waals surface area contributed by atoms with Crippen molar-refractivity contribution in [1.29, 1.82) is 0 Å². The van der Waals surface area contributed by atoms with Crippen LogP contribution in [-0.4, -0.2) is 39.5 Å². The first-order chi connectivity index (χ1) is 8.67. The van der Waals surface area contributed by atoms with Gasteiger partial charge >= 0.3 is 0 Å². The minimum Gasteiger partial charge on any atom is -0.354 e. The summed E-state index contributed by atoms with van der Waals surface area (Å²) < 4.78 is 10.00. The van der Waals surface area contributed by atoms with Crippen molar-refractivity contribution in [1.82, 2.24) is 5.32 Å². The minimum atomic E-state index is -0.371. The SMILES string of the molecule is CCCC(CCN)CCC(=O)NCC(OC)OC. The summed E-state index contributed by atoms with van der Waals surface area (Å²) in [6.07, 6.45) is 4.36. The van der Waals surface area contributed by atoms with E-state index in [0.29, 0.717) is 25.4 Å². The van der Waals surface area contributed by atoms with Crippen LogP contribution in [-0.2, 0) is 14.3 Å². The quantitative estimate of drug-likeness (QED) is 0.549. The van der Waals surface area contributed by atoms with E-state index in [2.05, 4.69) is 12.2 Å². The second-order valence-corrected chi connectivity index (χ2v) is 4.48. The molecule has 1 unspecified atom stereocenters. The lowest BCUT2D eigenvalue weighted by molar-refractivity contribution is -0.127. The maximum atomic E-state index is 11.6. The van der Waals surface area contributed by atoms with E-state index in [0.717, 1.165) is 25.7 Å². The van der Waals surface area contributed by atoms with Gasteiger partial charge in [0, 0.05) is 20.6 Å². The molecule has 5 nitrogen and oxygen atoms in total. The van der Waals surface area contributed by atoms with E-state index in [4.69, 9.17) is 15.2 Å². The van der Waals surface area contributed by atoms with Crippen molar-refractivity contribution < 1.29 is 14.3 Å². The molecule has 1 amide bonds. The summed E-state index contributed by atoms with van der Waals surface area (Å²) in [5, 5.41) is 2.80. The van der Waals surface area contributed by atoms with Gasteiger partial charge in [0.1, 0.15) is 0 Å². The van der Waals surface area contributed by atoms with Gasteiger partial charge in [0.05, 0.1) is 6.54 Å². The summed E-state index contributed by atoms with van der Waals surface area (Å²) in [6.45, 7) is 3.24. The summed E-state index contributed by atoms with van der Waals surface area (Å²) in [4.78, 5) is 11.6. The molecule has 0 spiro atoms. The van der Waals surface area contributed by atoms with E-state index in [-0.39, 0.29) is 12.2 Å². The summed E-state index contributed by atoms with van der Waals surface area (Å²) >= 11 is 0. The molecule has 1 atom stereocenters. The average Bonchev–Trinajstić information content (AvgIpc) is 2.37. The van der Waals surface area contributed by atoms with Gasteiger partial charge in [-0.15, -0.1) is 0 Å². The maximum absolute atomic E-state index is 11.6. The minimum absolute atomic E-state index is 0.0484. The van der Waals surface area contributed by atoms with E-state index in [1.54, 1.807) is 14.2 Å². The number of nitrogens with two attached hydrogens (primary N) is 1. The Balaban J connectivity index is 3.79. The highest BCUT2D eigenvalue weighted by Crippen LogP contribution is 2.16. The Bertz CT molecular complexity index is 202. The Morgan fingerprint density at radius 1 is 1.22 bits per heavy atom. The fourth-order valence-electron chi connectivity index (χ4n) is 1.96. The maximum Gasteiger partial charge on any atom is 0.220 e. The van der Waals surface area contributed by atoms with Gasteiger partial charge in [0.25, 0.3) is 0 Å². The van der Waals surface area contributed by atoms with Crippen LogP contribution in [0.3, 0.4) is 0 Å². The average molecular weight is 260 g/mol. The van der Waals surface area contributed by atoms with Crippen LogP contribution < -0.4 is 11.1 Å². The highest BCUT2D eigenvalue weighted by Gasteiger charge is 2.11. The van der Waals surface area contributed by atoms with Gasteiger partial charge < -0.3 is 20.5 Å². The predicted octanol–water partition coefficient (Wildman–Crippen LogP) is 1.27. The third-order valence-corrected chi connectivity index (χ3v) is 3.04. The van der Waals surface area contributed by atoms with Crippen LogP contribution in [0.4, 0.5) is 0 Å². The van der Waals surface area contributed by atoms with Crippen LogP contribution in [0.25, 0.3) is 0 Å². The molecule has 0 fully saturated rings. The highest BCUT2D eigenvalue weighted by molar-refractivity contribution is 5.75. The molecule has 0 heterocycles. The molecule has 0 aromatic heterocycles. The molecule has 5 heteroatoms. The molecule has 0 rings (SSSR count). The van der Waals surface area contributed by atoms with Gasteiger partial charge in [-0.25, -0.2) is 0 Å². The van der Waals surface area contributed by atoms with Crippen molar-refractivity contribution in [3.8, 4) is 0 Å². The molecule has 0 aromatic rings. The van der Waals surface area contributed by atoms with Crippen LogP contribution in [0.1, 0.15) is 39.0 Å². The van der Waals surface area contributed by atoms with Crippen molar-refractivity contribution in [2.24, 2.45) is 11.7 Å². The molecule has 0 saturated heterocycles. The van der Waals surface area contributed by atoms with E-state index >= 15 is 0 Å². The van der Waals surface area contributed by atoms with E-state index in [1.165, 1.54) is 0 Å². The van der Waals surface area contributed by atoms with E-state index in [1.807, 2.05) is 0 Å². The zero-order valence-electron chi connectivity index (χ0n) is 11.9. The molecule has 0 saturated carbocycles. The molecule has 0 radical (unpaired) electrons. The normalized spacial score (nSPS) is 12.7. The Kier molecular flexibility index (Phi) is 11.0. The van der Waals surface area contributed by atoms with E-state index < -0.39 is 0 Å². The summed E-state index contributed by atoms with van der Waals surface area (Å²) in [7, 11) is 3.11. The molecule has 18 heavy (non-hydrogen) atoms. The summed E-state index contributed by atoms with van der Waals surface area (Å²) in [5.41, 5.74) is 5.57. The topological polar surface area (TPSA) is 73.6 Å². The lowest BCUT2D eigenvalue weighted by Gasteiger charge is -2.16. The summed E-state index contributed by atoms with van der Waals surface area (Å²) in [5.74, 6) is 0.610. The number of carbonyl (C=O) groups excluding carboxylic acids is 1. The molecule has 108 valence electrons. The number of hydrogen-bond donors (Lipinski definition) is 2. The molecule has 0 aromatic carbocycles. The van der Waals surface area contributed by atoms with Gasteiger partial charge in [0.2, 0.25) is 5.91 Å². The molecular weight excluding hydrogens is 232 g/mol. The lowest BCUT2D eigenvalue weighted by Crippen LogP contribution is -2.34. The fraction of sp³-hybridized carbons (Fsp3) is 0.923. The molecule has 0 aliphatic carbocycles. The number of carbonyl (C=O) groups is 1.